The summed E-state index contributed by atoms with van der Waals surface area (Å²) in [7, 11) is 0. The zero-order chi connectivity index (χ0) is 18.1. The maximum absolute atomic E-state index is 12.7. The van der Waals surface area contributed by atoms with Gasteiger partial charge in [-0.15, -0.1) is 0 Å². The lowest BCUT2D eigenvalue weighted by Gasteiger charge is -1.99. The van der Waals surface area contributed by atoms with Crippen molar-refractivity contribution in [1.29, 1.82) is 0 Å². The Morgan fingerprint density at radius 3 is 2.50 bits per heavy atom. The van der Waals surface area contributed by atoms with Gasteiger partial charge in [-0.25, -0.2) is 0 Å². The summed E-state index contributed by atoms with van der Waals surface area (Å²) in [5.74, 6) is 0. The summed E-state index contributed by atoms with van der Waals surface area (Å²) in [6, 6.07) is 17.4. The molecule has 0 radical (unpaired) electrons. The Kier molecular flexibility index (Phi) is 4.18. The molecule has 0 aliphatic rings. The van der Waals surface area contributed by atoms with Gasteiger partial charge in [0.15, 0.2) is 0 Å². The third-order valence-electron chi connectivity index (χ3n) is 4.04. The average Bonchev–Trinajstić information content (AvgIpc) is 2.93. The van der Waals surface area contributed by atoms with Crippen LogP contribution in [0.2, 0.25) is 0 Å². The quantitative estimate of drug-likeness (QED) is 0.560. The lowest BCUT2D eigenvalue weighted by Crippen LogP contribution is -2.28. The largest absolute Gasteiger partial charge is 0.296 e. The number of hydrogen-bond donors (Lipinski definition) is 0. The van der Waals surface area contributed by atoms with Crippen LogP contribution in [0.3, 0.4) is 0 Å². The monoisotopic (exact) mass is 361 g/mol. The Hall–Kier alpha value is -3.12. The molecule has 0 saturated heterocycles. The van der Waals surface area contributed by atoms with Gasteiger partial charge in [0.1, 0.15) is 5.69 Å². The Labute approximate surface area is 152 Å². The number of hydrogen-bond acceptors (Lipinski definition) is 5. The molecule has 2 heterocycles. The molecule has 0 unspecified atom stereocenters. The molecule has 0 fully saturated rings. The van der Waals surface area contributed by atoms with Crippen LogP contribution in [0.15, 0.2) is 64.2 Å². The minimum Gasteiger partial charge on any atom is -0.266 e. The van der Waals surface area contributed by atoms with E-state index in [1.165, 1.54) is 15.9 Å². The van der Waals surface area contributed by atoms with Crippen LogP contribution < -0.4 is 15.7 Å². The van der Waals surface area contributed by atoms with Gasteiger partial charge < -0.3 is 0 Å². The maximum atomic E-state index is 12.7. The molecule has 2 aromatic carbocycles. The van der Waals surface area contributed by atoms with Gasteiger partial charge >= 0.3 is 0 Å². The summed E-state index contributed by atoms with van der Waals surface area (Å²) in [6.45, 7) is 2.01. The fraction of sp³-hybridized carbons (Fsp3) is 0.100. The van der Waals surface area contributed by atoms with Gasteiger partial charge in [0.25, 0.3) is 11.1 Å². The van der Waals surface area contributed by atoms with E-state index in [0.717, 1.165) is 16.7 Å². The molecule has 0 amide bonds. The van der Waals surface area contributed by atoms with Crippen LogP contribution in [0.4, 0.5) is 0 Å². The summed E-state index contributed by atoms with van der Waals surface area (Å²) in [4.78, 5) is 29.3. The summed E-state index contributed by atoms with van der Waals surface area (Å²) in [5.41, 5.74) is 2.65. The van der Waals surface area contributed by atoms with Crippen molar-refractivity contribution in [2.45, 2.75) is 13.3 Å². The smallest absolute Gasteiger partial charge is 0.266 e. The van der Waals surface area contributed by atoms with Crippen molar-refractivity contribution in [3.63, 3.8) is 0 Å². The second-order valence-corrected chi connectivity index (χ2v) is 7.06. The van der Waals surface area contributed by atoms with Crippen LogP contribution >= 0.6 is 11.3 Å². The van der Waals surface area contributed by atoms with Crippen molar-refractivity contribution in [3.8, 4) is 0 Å². The van der Waals surface area contributed by atoms with Crippen molar-refractivity contribution in [2.75, 3.05) is 0 Å². The van der Waals surface area contributed by atoms with Crippen LogP contribution in [0.25, 0.3) is 11.0 Å². The summed E-state index contributed by atoms with van der Waals surface area (Å²) in [6.07, 6.45) is 2.14. The highest BCUT2D eigenvalue weighted by Gasteiger charge is 2.11. The fourth-order valence-electron chi connectivity index (χ4n) is 2.66. The minimum absolute atomic E-state index is 0.257. The van der Waals surface area contributed by atoms with Crippen LogP contribution in [0.1, 0.15) is 22.4 Å². The molecule has 26 heavy (non-hydrogen) atoms. The van der Waals surface area contributed by atoms with E-state index in [4.69, 9.17) is 0 Å². The van der Waals surface area contributed by atoms with Crippen molar-refractivity contribution in [3.05, 3.63) is 102 Å². The number of benzene rings is 2. The molecule has 0 bridgehead atoms. The summed E-state index contributed by atoms with van der Waals surface area (Å²) >= 11 is 1.17. The van der Waals surface area contributed by atoms with Gasteiger partial charge in [-0.1, -0.05) is 71.5 Å². The van der Waals surface area contributed by atoms with Crippen LogP contribution in [0.5, 0.6) is 0 Å². The van der Waals surface area contributed by atoms with E-state index in [0.29, 0.717) is 15.9 Å². The van der Waals surface area contributed by atoms with E-state index >= 15 is 0 Å². The Balaban J connectivity index is 1.81. The number of nitrogens with zero attached hydrogens (tertiary/aromatic N) is 3. The second-order valence-electron chi connectivity index (χ2n) is 6.05. The normalized spacial score (nSPS) is 12.0. The van der Waals surface area contributed by atoms with Gasteiger partial charge in [0.05, 0.1) is 4.53 Å². The van der Waals surface area contributed by atoms with Gasteiger partial charge in [0, 0.05) is 6.42 Å². The first-order chi connectivity index (χ1) is 12.6. The third-order valence-corrected chi connectivity index (χ3v) is 5.00. The second kappa shape index (κ2) is 6.65. The van der Waals surface area contributed by atoms with E-state index in [-0.39, 0.29) is 11.3 Å². The van der Waals surface area contributed by atoms with Crippen molar-refractivity contribution < 1.29 is 0 Å². The first kappa shape index (κ1) is 16.4. The van der Waals surface area contributed by atoms with Gasteiger partial charge in [-0.05, 0) is 24.1 Å². The van der Waals surface area contributed by atoms with E-state index in [9.17, 15) is 9.59 Å². The molecule has 6 heteroatoms. The topological polar surface area (TPSA) is 64.3 Å². The van der Waals surface area contributed by atoms with Crippen molar-refractivity contribution in [2.24, 2.45) is 0 Å². The van der Waals surface area contributed by atoms with Crippen molar-refractivity contribution >= 4 is 22.4 Å². The fourth-order valence-corrected chi connectivity index (χ4v) is 3.56. The summed E-state index contributed by atoms with van der Waals surface area (Å²) in [5, 5.41) is 4.27. The number of aryl methyl sites for hydroxylation is 1. The molecule has 4 rings (SSSR count). The molecule has 0 spiro atoms. The number of aromatic nitrogens is 3. The standard InChI is InChI=1S/C20H15N3O2S/c1-13-7-9-15(10-8-13)12-17-19(25)23-20(26-17)21-18(24)16(22-23)11-14-5-3-2-4-6-14/h2-10,12H,11H2,1H3/b17-12+. The summed E-state index contributed by atoms with van der Waals surface area (Å²) < 4.78 is 1.73. The van der Waals surface area contributed by atoms with Gasteiger partial charge in [-0.2, -0.15) is 14.6 Å². The van der Waals surface area contributed by atoms with Crippen LogP contribution in [0, 0.1) is 6.92 Å². The number of fused-ring (bicyclic) bond motifs is 1. The van der Waals surface area contributed by atoms with E-state index in [2.05, 4.69) is 10.1 Å². The zero-order valence-corrected chi connectivity index (χ0v) is 14.9. The minimum atomic E-state index is -0.392. The molecule has 5 nitrogen and oxygen atoms in total. The molecular formula is C20H15N3O2S. The highest BCUT2D eigenvalue weighted by molar-refractivity contribution is 7.15. The SMILES string of the molecule is Cc1ccc(/C=c2/sc3nc(=O)c(Cc4ccccc4)nn3c2=O)cc1. The first-order valence-corrected chi connectivity index (χ1v) is 8.97. The highest BCUT2D eigenvalue weighted by atomic mass is 32.1. The maximum Gasteiger partial charge on any atom is 0.296 e. The van der Waals surface area contributed by atoms with E-state index in [1.807, 2.05) is 61.5 Å². The van der Waals surface area contributed by atoms with Crippen LogP contribution in [-0.2, 0) is 6.42 Å². The zero-order valence-electron chi connectivity index (χ0n) is 14.0. The molecular weight excluding hydrogens is 346 g/mol. The predicted molar refractivity (Wildman–Crippen MR) is 103 cm³/mol. The highest BCUT2D eigenvalue weighted by Crippen LogP contribution is 2.06. The molecule has 0 atom stereocenters. The Morgan fingerprint density at radius 2 is 1.77 bits per heavy atom. The lowest BCUT2D eigenvalue weighted by atomic mass is 10.1. The molecule has 0 saturated carbocycles. The molecule has 128 valence electrons. The van der Waals surface area contributed by atoms with E-state index < -0.39 is 5.56 Å². The van der Waals surface area contributed by atoms with Gasteiger partial charge in [-0.3, -0.25) is 9.59 Å². The molecule has 2 aromatic heterocycles. The molecule has 4 aromatic rings. The predicted octanol–water partition coefficient (Wildman–Crippen LogP) is 1.96. The van der Waals surface area contributed by atoms with Crippen LogP contribution in [-0.4, -0.2) is 14.6 Å². The number of thiazole rings is 1. The molecule has 0 N–H and O–H groups in total. The Morgan fingerprint density at radius 1 is 1.04 bits per heavy atom. The number of rotatable bonds is 3. The average molecular weight is 361 g/mol. The molecule has 0 aliphatic heterocycles. The van der Waals surface area contributed by atoms with Gasteiger partial charge in [0.2, 0.25) is 4.96 Å². The Bertz CT molecular complexity index is 1240. The first-order valence-electron chi connectivity index (χ1n) is 8.15. The molecule has 0 aliphatic carbocycles. The van der Waals surface area contributed by atoms with Crippen molar-refractivity contribution in [1.82, 2.24) is 14.6 Å². The third kappa shape index (κ3) is 3.19. The van der Waals surface area contributed by atoms with E-state index in [1.54, 1.807) is 6.08 Å². The lowest BCUT2D eigenvalue weighted by molar-refractivity contribution is 0.811.